The number of aromatic nitrogens is 2. The van der Waals surface area contributed by atoms with Crippen LogP contribution < -0.4 is 10.6 Å². The molecule has 126 valence electrons. The highest BCUT2D eigenvalue weighted by Gasteiger charge is 2.09. The molecule has 0 aliphatic carbocycles. The first-order valence-corrected chi connectivity index (χ1v) is 8.11. The summed E-state index contributed by atoms with van der Waals surface area (Å²) in [4.78, 5) is 20.8. The van der Waals surface area contributed by atoms with Crippen molar-refractivity contribution in [3.63, 3.8) is 0 Å². The Kier molecular flexibility index (Phi) is 5.04. The predicted molar refractivity (Wildman–Crippen MR) is 98.8 cm³/mol. The molecule has 2 aromatic carbocycles. The largest absolute Gasteiger partial charge is 0.347 e. The second-order valence-corrected chi connectivity index (χ2v) is 5.86. The second kappa shape index (κ2) is 7.57. The van der Waals surface area contributed by atoms with Crippen molar-refractivity contribution in [1.82, 2.24) is 15.3 Å². The average molecular weight is 332 g/mol. The summed E-state index contributed by atoms with van der Waals surface area (Å²) in [6, 6.07) is 17.4. The first kappa shape index (κ1) is 16.6. The van der Waals surface area contributed by atoms with Gasteiger partial charge in [0.1, 0.15) is 5.69 Å². The maximum Gasteiger partial charge on any atom is 0.270 e. The van der Waals surface area contributed by atoms with Gasteiger partial charge in [-0.15, -0.1) is 0 Å². The zero-order valence-electron chi connectivity index (χ0n) is 14.3. The Morgan fingerprint density at radius 1 is 1.00 bits per heavy atom. The minimum Gasteiger partial charge on any atom is -0.347 e. The predicted octanol–water partition coefficient (Wildman–Crippen LogP) is 3.77. The summed E-state index contributed by atoms with van der Waals surface area (Å²) >= 11 is 0. The van der Waals surface area contributed by atoms with Gasteiger partial charge in [0.25, 0.3) is 5.91 Å². The second-order valence-electron chi connectivity index (χ2n) is 5.86. The molecule has 5 nitrogen and oxygen atoms in total. The number of benzene rings is 2. The van der Waals surface area contributed by atoms with Crippen LogP contribution in [-0.4, -0.2) is 15.9 Å². The topological polar surface area (TPSA) is 66.9 Å². The first-order chi connectivity index (χ1) is 12.1. The molecule has 0 unspecified atom stereocenters. The SMILES string of the molecule is Cc1ccc(Nc2nccc(C(=O)NCc3ccccc3)n2)cc1C. The number of nitrogens with one attached hydrogen (secondary N) is 2. The van der Waals surface area contributed by atoms with Crippen molar-refractivity contribution in [3.8, 4) is 0 Å². The highest BCUT2D eigenvalue weighted by molar-refractivity contribution is 5.92. The van der Waals surface area contributed by atoms with Gasteiger partial charge in [0.05, 0.1) is 0 Å². The Morgan fingerprint density at radius 2 is 1.80 bits per heavy atom. The van der Waals surface area contributed by atoms with Gasteiger partial charge in [-0.2, -0.15) is 0 Å². The quantitative estimate of drug-likeness (QED) is 0.746. The third-order valence-corrected chi connectivity index (χ3v) is 3.95. The molecule has 1 heterocycles. The third kappa shape index (κ3) is 4.41. The lowest BCUT2D eigenvalue weighted by Crippen LogP contribution is -2.24. The van der Waals surface area contributed by atoms with Crippen LogP contribution in [0.25, 0.3) is 0 Å². The summed E-state index contributed by atoms with van der Waals surface area (Å²) in [5, 5.41) is 6.00. The molecule has 3 aromatic rings. The van der Waals surface area contributed by atoms with Crippen LogP contribution in [0, 0.1) is 13.8 Å². The summed E-state index contributed by atoms with van der Waals surface area (Å²) in [7, 11) is 0. The zero-order chi connectivity index (χ0) is 17.6. The summed E-state index contributed by atoms with van der Waals surface area (Å²) in [6.45, 7) is 4.58. The Hall–Kier alpha value is -3.21. The first-order valence-electron chi connectivity index (χ1n) is 8.11. The van der Waals surface area contributed by atoms with Crippen molar-refractivity contribution in [3.05, 3.63) is 83.2 Å². The minimum absolute atomic E-state index is 0.227. The van der Waals surface area contributed by atoms with Gasteiger partial charge >= 0.3 is 0 Å². The van der Waals surface area contributed by atoms with Gasteiger partial charge < -0.3 is 10.6 Å². The number of nitrogens with zero attached hydrogens (tertiary/aromatic N) is 2. The third-order valence-electron chi connectivity index (χ3n) is 3.95. The summed E-state index contributed by atoms with van der Waals surface area (Å²) < 4.78 is 0. The van der Waals surface area contributed by atoms with Crippen molar-refractivity contribution in [2.24, 2.45) is 0 Å². The van der Waals surface area contributed by atoms with Crippen molar-refractivity contribution in [1.29, 1.82) is 0 Å². The fraction of sp³-hybridized carbons (Fsp3) is 0.150. The van der Waals surface area contributed by atoms with E-state index >= 15 is 0 Å². The summed E-state index contributed by atoms with van der Waals surface area (Å²) in [6.07, 6.45) is 1.58. The van der Waals surface area contributed by atoms with Gasteiger partial charge in [-0.1, -0.05) is 36.4 Å². The number of hydrogen-bond donors (Lipinski definition) is 2. The lowest BCUT2D eigenvalue weighted by Gasteiger charge is -2.09. The van der Waals surface area contributed by atoms with Crippen molar-refractivity contribution in [2.45, 2.75) is 20.4 Å². The summed E-state index contributed by atoms with van der Waals surface area (Å²) in [5.41, 5.74) is 4.67. The molecule has 0 saturated carbocycles. The fourth-order valence-corrected chi connectivity index (χ4v) is 2.36. The molecule has 1 amide bonds. The molecule has 25 heavy (non-hydrogen) atoms. The van der Waals surface area contributed by atoms with Crippen LogP contribution in [0.2, 0.25) is 0 Å². The molecule has 0 aliphatic heterocycles. The molecule has 5 heteroatoms. The smallest absolute Gasteiger partial charge is 0.270 e. The van der Waals surface area contributed by atoms with E-state index in [2.05, 4.69) is 34.4 Å². The highest BCUT2D eigenvalue weighted by Crippen LogP contribution is 2.17. The van der Waals surface area contributed by atoms with Gasteiger partial charge in [-0.3, -0.25) is 4.79 Å². The van der Waals surface area contributed by atoms with Crippen LogP contribution >= 0.6 is 0 Å². The van der Waals surface area contributed by atoms with Crippen LogP contribution in [0.4, 0.5) is 11.6 Å². The number of anilines is 2. The lowest BCUT2D eigenvalue weighted by atomic mass is 10.1. The van der Waals surface area contributed by atoms with E-state index < -0.39 is 0 Å². The molecule has 3 rings (SSSR count). The minimum atomic E-state index is -0.227. The van der Waals surface area contributed by atoms with Gasteiger partial charge in [0.15, 0.2) is 0 Å². The number of aryl methyl sites for hydroxylation is 2. The van der Waals surface area contributed by atoms with Gasteiger partial charge in [0.2, 0.25) is 5.95 Å². The molecule has 0 aliphatic rings. The molecule has 0 saturated heterocycles. The molecular formula is C20H20N4O. The van der Waals surface area contributed by atoms with E-state index in [1.165, 1.54) is 11.1 Å². The number of carbonyl (C=O) groups excluding carboxylic acids is 1. The van der Waals surface area contributed by atoms with E-state index in [4.69, 9.17) is 0 Å². The Bertz CT molecular complexity index is 878. The van der Waals surface area contributed by atoms with E-state index in [-0.39, 0.29) is 5.91 Å². The normalized spacial score (nSPS) is 10.3. The van der Waals surface area contributed by atoms with Crippen LogP contribution in [0.15, 0.2) is 60.8 Å². The molecule has 0 fully saturated rings. The van der Waals surface area contributed by atoms with Crippen LogP contribution in [0.1, 0.15) is 27.2 Å². The highest BCUT2D eigenvalue weighted by atomic mass is 16.1. The van der Waals surface area contributed by atoms with Crippen LogP contribution in [-0.2, 0) is 6.54 Å². The Morgan fingerprint density at radius 3 is 2.56 bits per heavy atom. The lowest BCUT2D eigenvalue weighted by molar-refractivity contribution is 0.0946. The molecular weight excluding hydrogens is 312 g/mol. The van der Waals surface area contributed by atoms with E-state index in [1.54, 1.807) is 12.3 Å². The van der Waals surface area contributed by atoms with E-state index in [0.29, 0.717) is 18.2 Å². The number of rotatable bonds is 5. The van der Waals surface area contributed by atoms with Crippen molar-refractivity contribution < 1.29 is 4.79 Å². The van der Waals surface area contributed by atoms with Crippen molar-refractivity contribution in [2.75, 3.05) is 5.32 Å². The Labute approximate surface area is 147 Å². The van der Waals surface area contributed by atoms with Gasteiger partial charge in [-0.25, -0.2) is 9.97 Å². The standard InChI is InChI=1S/C20H20N4O/c1-14-8-9-17(12-15(14)2)23-20-21-11-10-18(24-20)19(25)22-13-16-6-4-3-5-7-16/h3-12H,13H2,1-2H3,(H,22,25)(H,21,23,24). The van der Waals surface area contributed by atoms with Crippen LogP contribution in [0.3, 0.4) is 0 Å². The van der Waals surface area contributed by atoms with Gasteiger partial charge in [-0.05, 0) is 48.7 Å². The summed E-state index contributed by atoms with van der Waals surface area (Å²) in [5.74, 6) is 0.171. The van der Waals surface area contributed by atoms with Gasteiger partial charge in [0, 0.05) is 18.4 Å². The fourth-order valence-electron chi connectivity index (χ4n) is 2.36. The number of carbonyl (C=O) groups is 1. The Balaban J connectivity index is 1.68. The molecule has 1 aromatic heterocycles. The van der Waals surface area contributed by atoms with Crippen molar-refractivity contribution >= 4 is 17.5 Å². The van der Waals surface area contributed by atoms with E-state index in [9.17, 15) is 4.79 Å². The molecule has 0 spiro atoms. The maximum atomic E-state index is 12.3. The zero-order valence-corrected chi connectivity index (χ0v) is 14.3. The maximum absolute atomic E-state index is 12.3. The molecule has 0 atom stereocenters. The average Bonchev–Trinajstić information content (AvgIpc) is 2.64. The monoisotopic (exact) mass is 332 g/mol. The van der Waals surface area contributed by atoms with Crippen LogP contribution in [0.5, 0.6) is 0 Å². The molecule has 2 N–H and O–H groups in total. The number of hydrogen-bond acceptors (Lipinski definition) is 4. The molecule has 0 bridgehead atoms. The van der Waals surface area contributed by atoms with E-state index in [0.717, 1.165) is 11.3 Å². The van der Waals surface area contributed by atoms with E-state index in [1.807, 2.05) is 48.5 Å². The number of amides is 1. The molecule has 0 radical (unpaired) electrons.